The first kappa shape index (κ1) is 11.4. The Kier molecular flexibility index (Phi) is 2.97. The molecule has 0 bridgehead atoms. The molecule has 17 heavy (non-hydrogen) atoms. The summed E-state index contributed by atoms with van der Waals surface area (Å²) >= 11 is 5.80. The Hall–Kier alpha value is -2.08. The van der Waals surface area contributed by atoms with Gasteiger partial charge in [-0.25, -0.2) is 9.89 Å². The van der Waals surface area contributed by atoms with E-state index in [2.05, 4.69) is 15.2 Å². The van der Waals surface area contributed by atoms with Crippen molar-refractivity contribution in [1.82, 2.24) is 15.2 Å². The molecule has 1 aromatic carbocycles. The first-order chi connectivity index (χ1) is 8.11. The fourth-order valence-corrected chi connectivity index (χ4v) is 1.55. The molecule has 0 radical (unpaired) electrons. The van der Waals surface area contributed by atoms with Gasteiger partial charge in [0.25, 0.3) is 5.56 Å². The van der Waals surface area contributed by atoms with E-state index in [-0.39, 0.29) is 5.69 Å². The molecule has 0 unspecified atom stereocenters. The molecule has 7 heteroatoms. The van der Waals surface area contributed by atoms with Crippen molar-refractivity contribution in [2.45, 2.75) is 0 Å². The van der Waals surface area contributed by atoms with Crippen molar-refractivity contribution < 1.29 is 4.74 Å². The highest BCUT2D eigenvalue weighted by molar-refractivity contribution is 6.30. The number of hydrogen-bond donors (Lipinski definition) is 2. The van der Waals surface area contributed by atoms with Crippen molar-refractivity contribution in [3.63, 3.8) is 0 Å². The number of H-pyrrole nitrogens is 2. The molecule has 0 amide bonds. The van der Waals surface area contributed by atoms with Gasteiger partial charge in [-0.05, 0) is 18.2 Å². The number of nitrogens with one attached hydrogen (secondary N) is 2. The molecule has 0 aliphatic rings. The first-order valence-electron chi connectivity index (χ1n) is 4.64. The van der Waals surface area contributed by atoms with Crippen LogP contribution in [0.25, 0.3) is 11.3 Å². The number of halogens is 1. The van der Waals surface area contributed by atoms with Crippen LogP contribution in [-0.4, -0.2) is 22.3 Å². The van der Waals surface area contributed by atoms with Crippen molar-refractivity contribution in [3.8, 4) is 17.0 Å². The summed E-state index contributed by atoms with van der Waals surface area (Å²) in [6, 6.07) is 4.76. The minimum atomic E-state index is -0.660. The first-order valence-corrected chi connectivity index (χ1v) is 5.02. The Morgan fingerprint density at radius 1 is 1.35 bits per heavy atom. The van der Waals surface area contributed by atoms with Gasteiger partial charge in [-0.1, -0.05) is 11.6 Å². The predicted molar refractivity (Wildman–Crippen MR) is 62.5 cm³/mol. The van der Waals surface area contributed by atoms with Crippen LogP contribution in [0.1, 0.15) is 0 Å². The number of hydrogen-bond acceptors (Lipinski definition) is 4. The minimum Gasteiger partial charge on any atom is -0.496 e. The quantitative estimate of drug-likeness (QED) is 0.828. The van der Waals surface area contributed by atoms with Gasteiger partial charge in [0, 0.05) is 10.6 Å². The van der Waals surface area contributed by atoms with Crippen molar-refractivity contribution in [3.05, 3.63) is 44.1 Å². The molecule has 0 spiro atoms. The van der Waals surface area contributed by atoms with Gasteiger partial charge in [0.05, 0.1) is 7.11 Å². The van der Waals surface area contributed by atoms with Crippen molar-refractivity contribution in [2.24, 2.45) is 0 Å². The lowest BCUT2D eigenvalue weighted by atomic mass is 10.1. The lowest BCUT2D eigenvalue weighted by Gasteiger charge is -2.06. The third-order valence-corrected chi connectivity index (χ3v) is 2.37. The van der Waals surface area contributed by atoms with Crippen LogP contribution >= 0.6 is 11.6 Å². The van der Waals surface area contributed by atoms with Crippen molar-refractivity contribution in [1.29, 1.82) is 0 Å². The zero-order valence-corrected chi connectivity index (χ0v) is 9.54. The summed E-state index contributed by atoms with van der Waals surface area (Å²) < 4.78 is 5.10. The summed E-state index contributed by atoms with van der Waals surface area (Å²) in [6.45, 7) is 0. The summed E-state index contributed by atoms with van der Waals surface area (Å²) in [5.74, 6) is 0.405. The highest BCUT2D eigenvalue weighted by atomic mass is 35.5. The molecular weight excluding hydrogens is 246 g/mol. The average molecular weight is 254 g/mol. The number of aromatic amines is 2. The SMILES string of the molecule is COc1cc(Cl)ccc1-c1n[nH]c(=O)[nH]c1=O. The van der Waals surface area contributed by atoms with Gasteiger partial charge in [-0.15, -0.1) is 0 Å². The van der Waals surface area contributed by atoms with E-state index in [1.54, 1.807) is 18.2 Å². The number of rotatable bonds is 2. The Balaban J connectivity index is 2.68. The van der Waals surface area contributed by atoms with Gasteiger partial charge in [0.2, 0.25) is 0 Å². The van der Waals surface area contributed by atoms with Crippen LogP contribution in [0.5, 0.6) is 5.75 Å². The summed E-state index contributed by atoms with van der Waals surface area (Å²) in [7, 11) is 1.45. The Morgan fingerprint density at radius 3 is 2.76 bits per heavy atom. The third kappa shape index (κ3) is 2.21. The largest absolute Gasteiger partial charge is 0.496 e. The molecule has 0 aliphatic carbocycles. The molecular formula is C10H8ClN3O3. The fourth-order valence-electron chi connectivity index (χ4n) is 1.39. The molecule has 0 fully saturated rings. The van der Waals surface area contributed by atoms with E-state index in [1.807, 2.05) is 0 Å². The predicted octanol–water partition coefficient (Wildman–Crippen LogP) is 0.787. The third-order valence-electron chi connectivity index (χ3n) is 2.13. The van der Waals surface area contributed by atoms with Gasteiger partial charge in [-0.3, -0.25) is 9.78 Å². The highest BCUT2D eigenvalue weighted by Crippen LogP contribution is 2.28. The van der Waals surface area contributed by atoms with E-state index in [1.165, 1.54) is 7.11 Å². The Labute approximate surface area is 100 Å². The molecule has 1 aromatic heterocycles. The van der Waals surface area contributed by atoms with E-state index in [0.717, 1.165) is 0 Å². The summed E-state index contributed by atoms with van der Waals surface area (Å²) in [5.41, 5.74) is -0.728. The van der Waals surface area contributed by atoms with Gasteiger partial charge in [-0.2, -0.15) is 5.10 Å². The van der Waals surface area contributed by atoms with Gasteiger partial charge < -0.3 is 4.74 Å². The van der Waals surface area contributed by atoms with E-state index < -0.39 is 11.2 Å². The molecule has 88 valence electrons. The normalized spacial score (nSPS) is 10.2. The van der Waals surface area contributed by atoms with Crippen LogP contribution in [0.2, 0.25) is 5.02 Å². The molecule has 2 aromatic rings. The van der Waals surface area contributed by atoms with Crippen molar-refractivity contribution >= 4 is 11.6 Å². The van der Waals surface area contributed by atoms with Crippen LogP contribution in [0.4, 0.5) is 0 Å². The molecule has 2 N–H and O–H groups in total. The molecule has 0 atom stereocenters. The second-order valence-corrected chi connectivity index (χ2v) is 3.64. The lowest BCUT2D eigenvalue weighted by molar-refractivity contribution is 0.416. The molecule has 0 saturated heterocycles. The van der Waals surface area contributed by atoms with Crippen LogP contribution in [0.3, 0.4) is 0 Å². The zero-order valence-electron chi connectivity index (χ0n) is 8.78. The highest BCUT2D eigenvalue weighted by Gasteiger charge is 2.12. The lowest BCUT2D eigenvalue weighted by Crippen LogP contribution is -2.25. The standard InChI is InChI=1S/C10H8ClN3O3/c1-17-7-4-5(11)2-3-6(7)8-9(15)12-10(16)14-13-8/h2-4H,1H3,(H2,12,14,15,16). The van der Waals surface area contributed by atoms with Crippen LogP contribution in [-0.2, 0) is 0 Å². The summed E-state index contributed by atoms with van der Waals surface area (Å²) in [4.78, 5) is 24.5. The van der Waals surface area contributed by atoms with Gasteiger partial charge in [0.1, 0.15) is 5.75 Å². The van der Waals surface area contributed by atoms with Gasteiger partial charge >= 0.3 is 5.69 Å². The maximum absolute atomic E-state index is 11.6. The second-order valence-electron chi connectivity index (χ2n) is 3.20. The number of methoxy groups -OCH3 is 1. The van der Waals surface area contributed by atoms with E-state index in [4.69, 9.17) is 16.3 Å². The molecule has 0 aliphatic heterocycles. The van der Waals surface area contributed by atoms with E-state index in [0.29, 0.717) is 16.3 Å². The topological polar surface area (TPSA) is 87.8 Å². The van der Waals surface area contributed by atoms with E-state index >= 15 is 0 Å². The van der Waals surface area contributed by atoms with Gasteiger partial charge in [0.15, 0.2) is 5.69 Å². The maximum Gasteiger partial charge on any atom is 0.342 e. The Morgan fingerprint density at radius 2 is 2.12 bits per heavy atom. The van der Waals surface area contributed by atoms with E-state index in [9.17, 15) is 9.59 Å². The van der Waals surface area contributed by atoms with Crippen LogP contribution < -0.4 is 16.0 Å². The summed E-state index contributed by atoms with van der Waals surface area (Å²) in [6.07, 6.45) is 0. The van der Waals surface area contributed by atoms with Crippen LogP contribution in [0, 0.1) is 0 Å². The minimum absolute atomic E-state index is 0.0677. The molecule has 6 nitrogen and oxygen atoms in total. The smallest absolute Gasteiger partial charge is 0.342 e. The average Bonchev–Trinajstić information content (AvgIpc) is 2.30. The second kappa shape index (κ2) is 4.42. The fraction of sp³-hybridized carbons (Fsp3) is 0.100. The zero-order chi connectivity index (χ0) is 12.4. The molecule has 0 saturated carbocycles. The maximum atomic E-state index is 11.6. The monoisotopic (exact) mass is 253 g/mol. The number of benzene rings is 1. The number of ether oxygens (including phenoxy) is 1. The number of nitrogens with zero attached hydrogens (tertiary/aromatic N) is 1. The number of aromatic nitrogens is 3. The van der Waals surface area contributed by atoms with Crippen LogP contribution in [0.15, 0.2) is 27.8 Å². The Bertz CT molecular complexity index is 662. The molecule has 1 heterocycles. The van der Waals surface area contributed by atoms with Crippen molar-refractivity contribution in [2.75, 3.05) is 7.11 Å². The molecule has 2 rings (SSSR count). The summed E-state index contributed by atoms with van der Waals surface area (Å²) in [5, 5.41) is 6.32.